The summed E-state index contributed by atoms with van der Waals surface area (Å²) in [5, 5.41) is 3.31. The summed E-state index contributed by atoms with van der Waals surface area (Å²) in [5.41, 5.74) is 7.17. The highest BCUT2D eigenvalue weighted by molar-refractivity contribution is 6.44. The molecule has 0 spiro atoms. The maximum Gasteiger partial charge on any atom is 0.257 e. The molecular formula is C13H10Cl2N2O. The van der Waals surface area contributed by atoms with E-state index >= 15 is 0 Å². The first kappa shape index (κ1) is 12.7. The second-order valence-electron chi connectivity index (χ2n) is 3.68. The van der Waals surface area contributed by atoms with Crippen LogP contribution in [0.25, 0.3) is 0 Å². The average molecular weight is 281 g/mol. The number of benzene rings is 2. The number of nitrogens with two attached hydrogens (primary N) is 1. The summed E-state index contributed by atoms with van der Waals surface area (Å²) in [4.78, 5) is 12.0. The van der Waals surface area contributed by atoms with E-state index in [0.717, 1.165) is 0 Å². The van der Waals surface area contributed by atoms with Crippen molar-refractivity contribution in [1.82, 2.24) is 0 Å². The van der Waals surface area contributed by atoms with Crippen molar-refractivity contribution in [2.45, 2.75) is 0 Å². The molecule has 18 heavy (non-hydrogen) atoms. The molecule has 0 aliphatic carbocycles. The molecule has 0 saturated heterocycles. The first-order chi connectivity index (χ1) is 8.58. The van der Waals surface area contributed by atoms with Crippen LogP contribution >= 0.6 is 23.2 Å². The first-order valence-electron chi connectivity index (χ1n) is 5.19. The number of hydrogen-bond acceptors (Lipinski definition) is 2. The standard InChI is InChI=1S/C13H10Cl2N2O/c14-11-3-1-2-10(12(11)15)13(18)17-9-6-4-8(16)5-7-9/h1-7H,16H2,(H,17,18). The van der Waals surface area contributed by atoms with Gasteiger partial charge in [-0.1, -0.05) is 29.3 Å². The third kappa shape index (κ3) is 2.75. The van der Waals surface area contributed by atoms with E-state index in [2.05, 4.69) is 5.32 Å². The van der Waals surface area contributed by atoms with E-state index in [1.165, 1.54) is 0 Å². The highest BCUT2D eigenvalue weighted by Gasteiger charge is 2.12. The van der Waals surface area contributed by atoms with Gasteiger partial charge in [-0.3, -0.25) is 4.79 Å². The number of hydrogen-bond donors (Lipinski definition) is 2. The fourth-order valence-electron chi connectivity index (χ4n) is 1.44. The molecule has 3 nitrogen and oxygen atoms in total. The minimum absolute atomic E-state index is 0.243. The molecule has 0 aliphatic heterocycles. The number of halogens is 2. The van der Waals surface area contributed by atoms with Crippen molar-refractivity contribution in [2.24, 2.45) is 0 Å². The molecule has 0 unspecified atom stereocenters. The first-order valence-corrected chi connectivity index (χ1v) is 5.94. The lowest BCUT2D eigenvalue weighted by Crippen LogP contribution is -2.12. The molecule has 0 fully saturated rings. The lowest BCUT2D eigenvalue weighted by molar-refractivity contribution is 0.102. The van der Waals surface area contributed by atoms with Crippen LogP contribution in [0, 0.1) is 0 Å². The third-order valence-corrected chi connectivity index (χ3v) is 3.18. The lowest BCUT2D eigenvalue weighted by Gasteiger charge is -2.07. The van der Waals surface area contributed by atoms with Crippen molar-refractivity contribution < 1.29 is 4.79 Å². The molecule has 0 aromatic heterocycles. The van der Waals surface area contributed by atoms with Gasteiger partial charge < -0.3 is 11.1 Å². The van der Waals surface area contributed by atoms with Gasteiger partial charge >= 0.3 is 0 Å². The number of anilines is 2. The fraction of sp³-hybridized carbons (Fsp3) is 0. The summed E-state index contributed by atoms with van der Waals surface area (Å²) in [7, 11) is 0. The van der Waals surface area contributed by atoms with E-state index in [-0.39, 0.29) is 10.9 Å². The predicted molar refractivity (Wildman–Crippen MR) is 75.3 cm³/mol. The van der Waals surface area contributed by atoms with Gasteiger partial charge in [0.2, 0.25) is 0 Å². The van der Waals surface area contributed by atoms with Gasteiger partial charge in [0.1, 0.15) is 0 Å². The highest BCUT2D eigenvalue weighted by atomic mass is 35.5. The molecule has 0 aliphatic rings. The van der Waals surface area contributed by atoms with Crippen LogP contribution in [0.3, 0.4) is 0 Å². The molecule has 3 N–H and O–H groups in total. The van der Waals surface area contributed by atoms with Gasteiger partial charge in [0.25, 0.3) is 5.91 Å². The Kier molecular flexibility index (Phi) is 3.75. The van der Waals surface area contributed by atoms with Gasteiger partial charge in [0, 0.05) is 11.4 Å². The van der Waals surface area contributed by atoms with Crippen molar-refractivity contribution in [3.8, 4) is 0 Å². The van der Waals surface area contributed by atoms with Crippen LogP contribution < -0.4 is 11.1 Å². The van der Waals surface area contributed by atoms with Gasteiger partial charge in [0.15, 0.2) is 0 Å². The van der Waals surface area contributed by atoms with E-state index < -0.39 is 0 Å². The lowest BCUT2D eigenvalue weighted by atomic mass is 10.2. The number of nitrogens with one attached hydrogen (secondary N) is 1. The average Bonchev–Trinajstić information content (AvgIpc) is 2.35. The molecule has 92 valence electrons. The Hall–Kier alpha value is -1.71. The normalized spacial score (nSPS) is 10.1. The highest BCUT2D eigenvalue weighted by Crippen LogP contribution is 2.26. The van der Waals surface area contributed by atoms with Crippen LogP contribution in [0.5, 0.6) is 0 Å². The maximum absolute atomic E-state index is 12.0. The number of carbonyl (C=O) groups is 1. The van der Waals surface area contributed by atoms with Crippen molar-refractivity contribution in [2.75, 3.05) is 11.1 Å². The van der Waals surface area contributed by atoms with E-state index in [4.69, 9.17) is 28.9 Å². The maximum atomic E-state index is 12.0. The Balaban J connectivity index is 2.22. The minimum atomic E-state index is -0.313. The van der Waals surface area contributed by atoms with Gasteiger partial charge in [-0.2, -0.15) is 0 Å². The summed E-state index contributed by atoms with van der Waals surface area (Å²) in [6, 6.07) is 11.7. The number of rotatable bonds is 2. The Morgan fingerprint density at radius 2 is 1.72 bits per heavy atom. The molecule has 0 radical (unpaired) electrons. The summed E-state index contributed by atoms with van der Waals surface area (Å²) >= 11 is 11.8. The molecule has 0 atom stereocenters. The smallest absolute Gasteiger partial charge is 0.257 e. The third-order valence-electron chi connectivity index (χ3n) is 2.36. The summed E-state index contributed by atoms with van der Waals surface area (Å²) < 4.78 is 0. The van der Waals surface area contributed by atoms with Crippen molar-refractivity contribution in [3.63, 3.8) is 0 Å². The van der Waals surface area contributed by atoms with E-state index in [1.807, 2.05) is 0 Å². The van der Waals surface area contributed by atoms with Gasteiger partial charge in [0.05, 0.1) is 15.6 Å². The second-order valence-corrected chi connectivity index (χ2v) is 4.46. The van der Waals surface area contributed by atoms with Gasteiger partial charge in [-0.15, -0.1) is 0 Å². The van der Waals surface area contributed by atoms with Crippen molar-refractivity contribution in [3.05, 3.63) is 58.1 Å². The Morgan fingerprint density at radius 3 is 2.39 bits per heavy atom. The van der Waals surface area contributed by atoms with Crippen LogP contribution in [0.2, 0.25) is 10.0 Å². The zero-order valence-electron chi connectivity index (χ0n) is 9.28. The van der Waals surface area contributed by atoms with Crippen LogP contribution in [0.4, 0.5) is 11.4 Å². The zero-order chi connectivity index (χ0) is 13.1. The number of nitrogen functional groups attached to an aromatic ring is 1. The molecule has 2 rings (SSSR count). The van der Waals surface area contributed by atoms with Crippen LogP contribution in [0.1, 0.15) is 10.4 Å². The molecule has 1 amide bonds. The quantitative estimate of drug-likeness (QED) is 0.822. The molecule has 0 saturated carbocycles. The second kappa shape index (κ2) is 5.29. The van der Waals surface area contributed by atoms with E-state index in [0.29, 0.717) is 22.0 Å². The van der Waals surface area contributed by atoms with Crippen molar-refractivity contribution >= 4 is 40.5 Å². The predicted octanol–water partition coefficient (Wildman–Crippen LogP) is 3.83. The minimum Gasteiger partial charge on any atom is -0.399 e. The Bertz CT molecular complexity index is 582. The summed E-state index contributed by atoms with van der Waals surface area (Å²) in [5.74, 6) is -0.313. The summed E-state index contributed by atoms with van der Waals surface area (Å²) in [6.07, 6.45) is 0. The molecular weight excluding hydrogens is 271 g/mol. The van der Waals surface area contributed by atoms with E-state index in [9.17, 15) is 4.79 Å². The fourth-order valence-corrected chi connectivity index (χ4v) is 1.83. The zero-order valence-corrected chi connectivity index (χ0v) is 10.8. The number of carbonyl (C=O) groups excluding carboxylic acids is 1. The van der Waals surface area contributed by atoms with Crippen LogP contribution in [-0.2, 0) is 0 Å². The van der Waals surface area contributed by atoms with Gasteiger partial charge in [-0.25, -0.2) is 0 Å². The van der Waals surface area contributed by atoms with Crippen LogP contribution in [0.15, 0.2) is 42.5 Å². The monoisotopic (exact) mass is 280 g/mol. The Morgan fingerprint density at radius 1 is 1.06 bits per heavy atom. The number of amides is 1. The van der Waals surface area contributed by atoms with Crippen molar-refractivity contribution in [1.29, 1.82) is 0 Å². The molecule has 2 aromatic carbocycles. The van der Waals surface area contributed by atoms with Gasteiger partial charge in [-0.05, 0) is 36.4 Å². The summed E-state index contributed by atoms with van der Waals surface area (Å²) in [6.45, 7) is 0. The molecule has 0 heterocycles. The SMILES string of the molecule is Nc1ccc(NC(=O)c2cccc(Cl)c2Cl)cc1. The van der Waals surface area contributed by atoms with E-state index in [1.54, 1.807) is 42.5 Å². The topological polar surface area (TPSA) is 55.1 Å². The molecule has 2 aromatic rings. The largest absolute Gasteiger partial charge is 0.399 e. The van der Waals surface area contributed by atoms with Crippen LogP contribution in [-0.4, -0.2) is 5.91 Å². The Labute approximate surface area is 115 Å². The molecule has 0 bridgehead atoms. The molecule has 5 heteroatoms.